The van der Waals surface area contributed by atoms with E-state index in [1.165, 1.54) is 35.0 Å². The molecule has 1 aromatic carbocycles. The molecule has 118 valence electrons. The van der Waals surface area contributed by atoms with Gasteiger partial charge in [-0.2, -0.15) is 0 Å². The Morgan fingerprint density at radius 3 is 3.04 bits per heavy atom. The summed E-state index contributed by atoms with van der Waals surface area (Å²) in [7, 11) is 0. The third kappa shape index (κ3) is 3.71. The van der Waals surface area contributed by atoms with Gasteiger partial charge in [-0.05, 0) is 61.5 Å². The number of benzene rings is 1. The monoisotopic (exact) mass is 323 g/mol. The number of fused-ring (bicyclic) bond motifs is 1. The van der Waals surface area contributed by atoms with E-state index in [4.69, 9.17) is 0 Å². The molecule has 0 aliphatic heterocycles. The first-order valence-corrected chi connectivity index (χ1v) is 9.16. The van der Waals surface area contributed by atoms with E-state index in [1.54, 1.807) is 11.3 Å². The fourth-order valence-corrected chi connectivity index (χ4v) is 3.39. The predicted molar refractivity (Wildman–Crippen MR) is 99.2 cm³/mol. The molecule has 0 atom stereocenters. The van der Waals surface area contributed by atoms with Crippen LogP contribution < -0.4 is 5.32 Å². The third-order valence-electron chi connectivity index (χ3n) is 4.22. The van der Waals surface area contributed by atoms with Gasteiger partial charge in [0.2, 0.25) is 0 Å². The second-order valence-electron chi connectivity index (χ2n) is 6.11. The van der Waals surface area contributed by atoms with Crippen LogP contribution in [0.3, 0.4) is 0 Å². The maximum atomic E-state index is 4.58. The molecule has 0 unspecified atom stereocenters. The van der Waals surface area contributed by atoms with Gasteiger partial charge in [-0.3, -0.25) is 4.99 Å². The summed E-state index contributed by atoms with van der Waals surface area (Å²) in [5, 5.41) is 6.91. The van der Waals surface area contributed by atoms with Gasteiger partial charge >= 0.3 is 0 Å². The fraction of sp³-hybridized carbons (Fsp3) is 0.316. The van der Waals surface area contributed by atoms with E-state index in [1.807, 2.05) is 12.3 Å². The Morgan fingerprint density at radius 1 is 1.26 bits per heavy atom. The van der Waals surface area contributed by atoms with Crippen molar-refractivity contribution in [3.8, 4) is 0 Å². The highest BCUT2D eigenvalue weighted by Crippen LogP contribution is 2.23. The fourth-order valence-electron chi connectivity index (χ4n) is 2.81. The van der Waals surface area contributed by atoms with Crippen LogP contribution in [0.4, 0.5) is 5.69 Å². The highest BCUT2D eigenvalue weighted by molar-refractivity contribution is 7.11. The first kappa shape index (κ1) is 14.7. The lowest BCUT2D eigenvalue weighted by Gasteiger charge is -2.06. The number of hydrogen-bond acceptors (Lipinski definition) is 3. The molecule has 3 nitrogen and oxygen atoms in total. The van der Waals surface area contributed by atoms with Crippen molar-refractivity contribution in [2.24, 2.45) is 4.99 Å². The average Bonchev–Trinajstić information content (AvgIpc) is 3.09. The van der Waals surface area contributed by atoms with Crippen molar-refractivity contribution in [1.82, 2.24) is 9.88 Å². The molecule has 0 bridgehead atoms. The van der Waals surface area contributed by atoms with Gasteiger partial charge in [0.15, 0.2) is 0 Å². The minimum atomic E-state index is 0.806. The normalized spacial score (nSPS) is 15.0. The number of nitrogens with one attached hydrogen (secondary N) is 1. The molecule has 0 saturated heterocycles. The summed E-state index contributed by atoms with van der Waals surface area (Å²) in [6, 6.07) is 13.6. The molecule has 2 aromatic heterocycles. The second-order valence-corrected chi connectivity index (χ2v) is 7.09. The largest absolute Gasteiger partial charge is 0.347 e. The molecule has 23 heavy (non-hydrogen) atoms. The highest BCUT2D eigenvalue weighted by atomic mass is 32.1. The lowest BCUT2D eigenvalue weighted by Crippen LogP contribution is -2.18. The summed E-state index contributed by atoms with van der Waals surface area (Å²) in [4.78, 5) is 5.76. The van der Waals surface area contributed by atoms with Crippen LogP contribution in [0.5, 0.6) is 0 Å². The number of aliphatic imine (C=N–C) groups is 1. The summed E-state index contributed by atoms with van der Waals surface area (Å²) in [6.45, 7) is 2.19. The summed E-state index contributed by atoms with van der Waals surface area (Å²) >= 11 is 1.71. The summed E-state index contributed by atoms with van der Waals surface area (Å²) < 4.78 is 2.34. The van der Waals surface area contributed by atoms with Crippen molar-refractivity contribution in [2.45, 2.75) is 31.8 Å². The topological polar surface area (TPSA) is 29.3 Å². The summed E-state index contributed by atoms with van der Waals surface area (Å²) in [6.07, 6.45) is 8.03. The van der Waals surface area contributed by atoms with Gasteiger partial charge in [-0.25, -0.2) is 0 Å². The van der Waals surface area contributed by atoms with Gasteiger partial charge in [0.25, 0.3) is 0 Å². The molecular formula is C19H21N3S. The third-order valence-corrected chi connectivity index (χ3v) is 5.03. The quantitative estimate of drug-likeness (QED) is 0.500. The Hall–Kier alpha value is -1.91. The Morgan fingerprint density at radius 2 is 2.22 bits per heavy atom. The number of aromatic nitrogens is 1. The molecule has 0 amide bonds. The maximum Gasteiger partial charge on any atom is 0.0637 e. The molecule has 1 aliphatic carbocycles. The van der Waals surface area contributed by atoms with Crippen LogP contribution in [0.25, 0.3) is 10.9 Å². The van der Waals surface area contributed by atoms with E-state index in [9.17, 15) is 0 Å². The number of aryl methyl sites for hydroxylation is 1. The minimum absolute atomic E-state index is 0.806. The van der Waals surface area contributed by atoms with Crippen LogP contribution in [0.2, 0.25) is 0 Å². The Kier molecular flexibility index (Phi) is 4.26. The smallest absolute Gasteiger partial charge is 0.0637 e. The van der Waals surface area contributed by atoms with E-state index < -0.39 is 0 Å². The molecule has 4 heteroatoms. The summed E-state index contributed by atoms with van der Waals surface area (Å²) in [5.41, 5.74) is 2.31. The summed E-state index contributed by atoms with van der Waals surface area (Å²) in [5.74, 6) is 0. The molecule has 4 rings (SSSR count). The van der Waals surface area contributed by atoms with Crippen LogP contribution in [0.15, 0.2) is 53.0 Å². The molecule has 1 aliphatic rings. The number of nitrogens with zero attached hydrogens (tertiary/aromatic N) is 2. The van der Waals surface area contributed by atoms with Crippen LogP contribution in [0.1, 0.15) is 24.1 Å². The highest BCUT2D eigenvalue weighted by Gasteiger charge is 2.19. The second kappa shape index (κ2) is 6.69. The molecule has 2 heterocycles. The zero-order valence-corrected chi connectivity index (χ0v) is 13.9. The Bertz CT molecular complexity index is 797. The minimum Gasteiger partial charge on any atom is -0.347 e. The molecule has 3 aromatic rings. The van der Waals surface area contributed by atoms with Gasteiger partial charge in [0.05, 0.1) is 5.69 Å². The van der Waals surface area contributed by atoms with Crippen LogP contribution >= 0.6 is 11.3 Å². The van der Waals surface area contributed by atoms with Gasteiger partial charge in [-0.1, -0.05) is 6.07 Å². The van der Waals surface area contributed by atoms with Crippen molar-refractivity contribution in [3.63, 3.8) is 0 Å². The van der Waals surface area contributed by atoms with E-state index in [2.05, 4.69) is 56.8 Å². The lowest BCUT2D eigenvalue weighted by molar-refractivity contribution is 0.588. The van der Waals surface area contributed by atoms with Gasteiger partial charge < -0.3 is 9.88 Å². The van der Waals surface area contributed by atoms with Crippen LogP contribution in [-0.2, 0) is 6.54 Å². The van der Waals surface area contributed by atoms with E-state index in [0.717, 1.165) is 24.8 Å². The Labute approximate surface area is 140 Å². The van der Waals surface area contributed by atoms with Crippen LogP contribution in [-0.4, -0.2) is 23.4 Å². The molecular weight excluding hydrogens is 302 g/mol. The number of rotatable bonds is 7. The van der Waals surface area contributed by atoms with Crippen molar-refractivity contribution in [3.05, 3.63) is 52.9 Å². The van der Waals surface area contributed by atoms with Crippen molar-refractivity contribution < 1.29 is 0 Å². The maximum absolute atomic E-state index is 4.58. The van der Waals surface area contributed by atoms with E-state index >= 15 is 0 Å². The van der Waals surface area contributed by atoms with Gasteiger partial charge in [-0.15, -0.1) is 11.3 Å². The van der Waals surface area contributed by atoms with E-state index in [0.29, 0.717) is 0 Å². The van der Waals surface area contributed by atoms with Gasteiger partial charge in [0.1, 0.15) is 0 Å². The first-order valence-electron chi connectivity index (χ1n) is 8.28. The zero-order valence-electron chi connectivity index (χ0n) is 13.1. The zero-order chi connectivity index (χ0) is 15.5. The molecule has 0 spiro atoms. The average molecular weight is 323 g/mol. The van der Waals surface area contributed by atoms with Crippen molar-refractivity contribution in [2.75, 3.05) is 6.54 Å². The molecule has 1 N–H and O–H groups in total. The number of hydrogen-bond donors (Lipinski definition) is 1. The van der Waals surface area contributed by atoms with Crippen molar-refractivity contribution >= 4 is 34.1 Å². The lowest BCUT2D eigenvalue weighted by atomic mass is 10.2. The van der Waals surface area contributed by atoms with Crippen molar-refractivity contribution in [1.29, 1.82) is 0 Å². The first-order chi connectivity index (χ1) is 11.4. The number of thiophene rings is 1. The van der Waals surface area contributed by atoms with E-state index in [-0.39, 0.29) is 0 Å². The molecule has 1 fully saturated rings. The standard InChI is InChI=1S/C19H21N3S/c1-3-18(23-12-1)14-21-17-6-7-19-15(13-17)8-11-22(19)10-2-9-20-16-4-5-16/h1,3,6-8,11-14,16,20H,2,4-5,9-10H2. The van der Waals surface area contributed by atoms with Gasteiger partial charge in [0, 0.05) is 40.8 Å². The predicted octanol–water partition coefficient (Wildman–Crippen LogP) is 4.60. The Balaban J connectivity index is 1.42. The van der Waals surface area contributed by atoms with Crippen LogP contribution in [0, 0.1) is 0 Å². The molecule has 0 radical (unpaired) electrons. The SMILES string of the molecule is C(=Nc1ccc2c(ccn2CCCNC2CC2)c1)c1cccs1. The molecule has 1 saturated carbocycles.